The van der Waals surface area contributed by atoms with Crippen LogP contribution in [0.2, 0.25) is 0 Å². The van der Waals surface area contributed by atoms with Crippen molar-refractivity contribution in [3.8, 4) is 0 Å². The molecule has 7 heteroatoms. The lowest BCUT2D eigenvalue weighted by molar-refractivity contribution is -0.137. The predicted octanol–water partition coefficient (Wildman–Crippen LogP) is 1.33. The fraction of sp³-hybridized carbons (Fsp3) is 0.667. The van der Waals surface area contributed by atoms with Gasteiger partial charge in [-0.2, -0.15) is 0 Å². The molecule has 1 amide bonds. The molecule has 0 radical (unpaired) electrons. The second-order valence-electron chi connectivity index (χ2n) is 6.09. The molecule has 22 heavy (non-hydrogen) atoms. The van der Waals surface area contributed by atoms with E-state index < -0.39 is 11.6 Å². The van der Waals surface area contributed by atoms with Crippen LogP contribution in [-0.2, 0) is 14.3 Å². The normalized spacial score (nSPS) is 16.5. The molecule has 0 aromatic heterocycles. The summed E-state index contributed by atoms with van der Waals surface area (Å²) in [6, 6.07) is 0. The number of nitrogens with two attached hydrogens (primary N) is 1. The molecule has 7 nitrogen and oxygen atoms in total. The average Bonchev–Trinajstić information content (AvgIpc) is 2.34. The monoisotopic (exact) mass is 311 g/mol. The van der Waals surface area contributed by atoms with Gasteiger partial charge in [-0.05, 0) is 27.7 Å². The smallest absolute Gasteiger partial charge is 0.410 e. The predicted molar refractivity (Wildman–Crippen MR) is 83.6 cm³/mol. The molecule has 1 rings (SSSR count). The van der Waals surface area contributed by atoms with Crippen molar-refractivity contribution < 1.29 is 19.1 Å². The number of carbonyl (C=O) groups is 2. The fourth-order valence-electron chi connectivity index (χ4n) is 1.84. The quantitative estimate of drug-likeness (QED) is 0.469. The van der Waals surface area contributed by atoms with Gasteiger partial charge in [-0.15, -0.1) is 0 Å². The first kappa shape index (κ1) is 18.0. The fourth-order valence-corrected chi connectivity index (χ4v) is 1.84. The van der Waals surface area contributed by atoms with Crippen LogP contribution in [0.3, 0.4) is 0 Å². The molecule has 0 spiro atoms. The number of aliphatic imine (C=N–C) groups is 1. The number of amides is 1. The van der Waals surface area contributed by atoms with Crippen LogP contribution in [0.1, 0.15) is 27.7 Å². The molecule has 0 aliphatic carbocycles. The molecule has 1 aliphatic heterocycles. The molecule has 0 bridgehead atoms. The van der Waals surface area contributed by atoms with Crippen LogP contribution in [-0.4, -0.2) is 55.0 Å². The topological polar surface area (TPSA) is 94.2 Å². The van der Waals surface area contributed by atoms with E-state index in [0.717, 1.165) is 0 Å². The molecule has 0 aromatic carbocycles. The van der Waals surface area contributed by atoms with Gasteiger partial charge in [0.1, 0.15) is 5.60 Å². The van der Waals surface area contributed by atoms with Gasteiger partial charge in [0.25, 0.3) is 0 Å². The van der Waals surface area contributed by atoms with Crippen LogP contribution in [0.5, 0.6) is 0 Å². The minimum Gasteiger partial charge on any atom is -0.462 e. The Labute approximate surface area is 131 Å². The van der Waals surface area contributed by atoms with Gasteiger partial charge < -0.3 is 20.1 Å². The molecule has 124 valence electrons. The second-order valence-corrected chi connectivity index (χ2v) is 6.09. The Bertz CT molecular complexity index is 460. The average molecular weight is 311 g/mol. The lowest BCUT2D eigenvalue weighted by Crippen LogP contribution is -2.52. The highest BCUT2D eigenvalue weighted by atomic mass is 16.6. The van der Waals surface area contributed by atoms with Crippen LogP contribution in [0.4, 0.5) is 4.79 Å². The number of rotatable bonds is 5. The zero-order chi connectivity index (χ0) is 16.8. The highest BCUT2D eigenvalue weighted by Crippen LogP contribution is 2.19. The van der Waals surface area contributed by atoms with Crippen molar-refractivity contribution in [2.45, 2.75) is 33.3 Å². The third-order valence-corrected chi connectivity index (χ3v) is 2.89. The maximum atomic E-state index is 11.8. The Morgan fingerprint density at radius 2 is 2.00 bits per heavy atom. The van der Waals surface area contributed by atoms with Crippen molar-refractivity contribution in [3.63, 3.8) is 0 Å². The summed E-state index contributed by atoms with van der Waals surface area (Å²) in [5, 5.41) is 0. The summed E-state index contributed by atoms with van der Waals surface area (Å²) in [6.45, 7) is 9.25. The summed E-state index contributed by atoms with van der Waals surface area (Å²) in [7, 11) is 0. The molecule has 0 atom stereocenters. The maximum absolute atomic E-state index is 11.8. The molecular formula is C15H25N3O4. The largest absolute Gasteiger partial charge is 0.462 e. The number of likely N-dealkylation sites (tertiary alicyclic amines) is 1. The van der Waals surface area contributed by atoms with Crippen LogP contribution in [0.15, 0.2) is 16.8 Å². The van der Waals surface area contributed by atoms with E-state index in [1.54, 1.807) is 11.8 Å². The van der Waals surface area contributed by atoms with Gasteiger partial charge in [0.2, 0.25) is 0 Å². The van der Waals surface area contributed by atoms with E-state index in [0.29, 0.717) is 19.6 Å². The Morgan fingerprint density at radius 3 is 2.50 bits per heavy atom. The highest BCUT2D eigenvalue weighted by molar-refractivity contribution is 6.09. The third-order valence-electron chi connectivity index (χ3n) is 2.89. The van der Waals surface area contributed by atoms with E-state index in [4.69, 9.17) is 15.2 Å². The molecule has 2 N–H and O–H groups in total. The SMILES string of the molecule is CCOC(=O)C(C=NCC1CN(C(=O)OC(C)(C)C)C1)=CN. The number of hydrogen-bond donors (Lipinski definition) is 1. The van der Waals surface area contributed by atoms with Gasteiger partial charge in [0.05, 0.1) is 12.2 Å². The summed E-state index contributed by atoms with van der Waals surface area (Å²) in [5.74, 6) is -0.220. The molecule has 0 saturated carbocycles. The first-order valence-electron chi connectivity index (χ1n) is 7.33. The summed E-state index contributed by atoms with van der Waals surface area (Å²) in [5.41, 5.74) is 5.11. The number of ether oxygens (including phenoxy) is 2. The molecular weight excluding hydrogens is 286 g/mol. The molecule has 1 heterocycles. The van der Waals surface area contributed by atoms with Gasteiger partial charge >= 0.3 is 12.1 Å². The maximum Gasteiger partial charge on any atom is 0.410 e. The number of hydrogen-bond acceptors (Lipinski definition) is 6. The molecule has 1 fully saturated rings. The van der Waals surface area contributed by atoms with E-state index in [1.165, 1.54) is 12.4 Å². The summed E-state index contributed by atoms with van der Waals surface area (Å²) in [4.78, 5) is 29.0. The highest BCUT2D eigenvalue weighted by Gasteiger charge is 2.33. The molecule has 1 saturated heterocycles. The van der Waals surface area contributed by atoms with E-state index in [-0.39, 0.29) is 24.2 Å². The minimum absolute atomic E-state index is 0.227. The van der Waals surface area contributed by atoms with E-state index >= 15 is 0 Å². The number of carbonyl (C=O) groups excluding carboxylic acids is 2. The van der Waals surface area contributed by atoms with Crippen molar-refractivity contribution in [1.82, 2.24) is 4.90 Å². The third kappa shape index (κ3) is 5.75. The summed E-state index contributed by atoms with van der Waals surface area (Å²) < 4.78 is 10.1. The summed E-state index contributed by atoms with van der Waals surface area (Å²) in [6.07, 6.45) is 2.28. The van der Waals surface area contributed by atoms with Crippen molar-refractivity contribution >= 4 is 18.3 Å². The van der Waals surface area contributed by atoms with Gasteiger partial charge in [-0.1, -0.05) is 0 Å². The first-order valence-corrected chi connectivity index (χ1v) is 7.33. The van der Waals surface area contributed by atoms with E-state index in [1.807, 2.05) is 20.8 Å². The lowest BCUT2D eigenvalue weighted by atomic mass is 10.0. The van der Waals surface area contributed by atoms with Crippen molar-refractivity contribution in [3.05, 3.63) is 11.8 Å². The number of esters is 1. The standard InChI is InChI=1S/C15H25N3O4/c1-5-21-13(19)12(6-16)8-17-7-11-9-18(10-11)14(20)22-15(2,3)4/h6,8,11H,5,7,9-10,16H2,1-4H3. The number of nitrogens with zero attached hydrogens (tertiary/aromatic N) is 2. The lowest BCUT2D eigenvalue weighted by Gasteiger charge is -2.39. The zero-order valence-electron chi connectivity index (χ0n) is 13.7. The van der Waals surface area contributed by atoms with E-state index in [9.17, 15) is 9.59 Å². The Morgan fingerprint density at radius 1 is 1.36 bits per heavy atom. The van der Waals surface area contributed by atoms with Gasteiger partial charge in [-0.25, -0.2) is 9.59 Å². The minimum atomic E-state index is -0.488. The summed E-state index contributed by atoms with van der Waals surface area (Å²) >= 11 is 0. The Balaban J connectivity index is 2.33. The molecule has 1 aliphatic rings. The van der Waals surface area contributed by atoms with E-state index in [2.05, 4.69) is 4.99 Å². The second kappa shape index (κ2) is 7.82. The van der Waals surface area contributed by atoms with Crippen molar-refractivity contribution in [2.75, 3.05) is 26.2 Å². The Hall–Kier alpha value is -2.05. The van der Waals surface area contributed by atoms with Crippen molar-refractivity contribution in [2.24, 2.45) is 16.6 Å². The van der Waals surface area contributed by atoms with Crippen LogP contribution < -0.4 is 5.73 Å². The Kier molecular flexibility index (Phi) is 6.39. The molecule has 0 aromatic rings. The van der Waals surface area contributed by atoms with Gasteiger partial charge in [0.15, 0.2) is 0 Å². The molecule has 0 unspecified atom stereocenters. The first-order chi connectivity index (χ1) is 10.3. The van der Waals surface area contributed by atoms with Crippen LogP contribution in [0.25, 0.3) is 0 Å². The van der Waals surface area contributed by atoms with Gasteiger partial charge in [0, 0.05) is 38.0 Å². The van der Waals surface area contributed by atoms with Crippen LogP contribution in [0, 0.1) is 5.92 Å². The van der Waals surface area contributed by atoms with Crippen LogP contribution >= 0.6 is 0 Å². The zero-order valence-corrected chi connectivity index (χ0v) is 13.7. The van der Waals surface area contributed by atoms with Crippen molar-refractivity contribution in [1.29, 1.82) is 0 Å². The van der Waals surface area contributed by atoms with Gasteiger partial charge in [-0.3, -0.25) is 4.99 Å².